The minimum absolute atomic E-state index is 0.540. The van der Waals surface area contributed by atoms with Crippen LogP contribution in [0, 0.1) is 0 Å². The van der Waals surface area contributed by atoms with Crippen molar-refractivity contribution in [2.45, 2.75) is 5.41 Å². The molecular formula is C57H32O2. The summed E-state index contributed by atoms with van der Waals surface area (Å²) in [5.74, 6) is 0. The van der Waals surface area contributed by atoms with Crippen molar-refractivity contribution < 1.29 is 8.83 Å². The maximum absolute atomic E-state index is 6.68. The molecular weight excluding hydrogens is 717 g/mol. The molecule has 0 amide bonds. The van der Waals surface area contributed by atoms with Gasteiger partial charge in [-0.3, -0.25) is 0 Å². The highest BCUT2D eigenvalue weighted by Crippen LogP contribution is 2.65. The molecule has 2 nitrogen and oxygen atoms in total. The van der Waals surface area contributed by atoms with Crippen molar-refractivity contribution >= 4 is 65.4 Å². The van der Waals surface area contributed by atoms with Crippen LogP contribution in [0.15, 0.2) is 203 Å². The van der Waals surface area contributed by atoms with Crippen LogP contribution in [-0.4, -0.2) is 0 Å². The summed E-state index contributed by atoms with van der Waals surface area (Å²) >= 11 is 0. The van der Waals surface area contributed by atoms with E-state index in [-0.39, 0.29) is 0 Å². The van der Waals surface area contributed by atoms with Crippen LogP contribution >= 0.6 is 0 Å². The fourth-order valence-electron chi connectivity index (χ4n) is 11.0. The van der Waals surface area contributed by atoms with Crippen LogP contribution in [0.3, 0.4) is 0 Å². The Morgan fingerprint density at radius 3 is 1.69 bits per heavy atom. The van der Waals surface area contributed by atoms with E-state index in [1.165, 1.54) is 71.6 Å². The van der Waals surface area contributed by atoms with E-state index in [0.29, 0.717) is 0 Å². The molecule has 272 valence electrons. The summed E-state index contributed by atoms with van der Waals surface area (Å²) in [7, 11) is 0. The minimum atomic E-state index is -0.540. The highest BCUT2D eigenvalue weighted by atomic mass is 16.3. The first-order chi connectivity index (χ1) is 29.2. The van der Waals surface area contributed by atoms with Crippen LogP contribution in [0.4, 0.5) is 0 Å². The first kappa shape index (κ1) is 31.4. The van der Waals surface area contributed by atoms with E-state index in [9.17, 15) is 0 Å². The lowest BCUT2D eigenvalue weighted by atomic mass is 9.69. The van der Waals surface area contributed by atoms with Crippen molar-refractivity contribution in [1.82, 2.24) is 0 Å². The summed E-state index contributed by atoms with van der Waals surface area (Å²) in [5, 5.41) is 9.37. The molecule has 1 spiro atoms. The standard InChI is InChI=1S/C57H32O2/c1-3-14-35-30-49-45(26-33(35)12-1)55-43(37-24-25-52-44(28-37)42-18-7-10-22-51(42)58-52)29-38(31-50(55)57(49)47-20-8-5-16-40(47)41-17-6-9-21-48(41)57)39-19-11-23-53-56(39)46-27-34-13-2-4-15-36(34)32-54(46)59-53/h1-32H. The molecule has 2 aliphatic carbocycles. The highest BCUT2D eigenvalue weighted by Gasteiger charge is 2.52. The molecule has 0 saturated carbocycles. The molecule has 0 saturated heterocycles. The van der Waals surface area contributed by atoms with Crippen molar-refractivity contribution in [3.63, 3.8) is 0 Å². The quantitative estimate of drug-likeness (QED) is 0.176. The second kappa shape index (κ2) is 11.2. The number of benzene rings is 10. The molecule has 0 N–H and O–H groups in total. The van der Waals surface area contributed by atoms with Crippen LogP contribution in [0.25, 0.3) is 110 Å². The zero-order valence-corrected chi connectivity index (χ0v) is 31.8. The van der Waals surface area contributed by atoms with E-state index in [1.807, 2.05) is 6.07 Å². The first-order valence-corrected chi connectivity index (χ1v) is 20.4. The van der Waals surface area contributed by atoms with Gasteiger partial charge in [-0.1, -0.05) is 133 Å². The average molecular weight is 749 g/mol. The lowest BCUT2D eigenvalue weighted by Gasteiger charge is -2.31. The van der Waals surface area contributed by atoms with E-state index in [1.54, 1.807) is 0 Å². The van der Waals surface area contributed by atoms with Gasteiger partial charge in [0.1, 0.15) is 22.3 Å². The molecule has 0 atom stereocenters. The van der Waals surface area contributed by atoms with Crippen LogP contribution in [0.5, 0.6) is 0 Å². The summed E-state index contributed by atoms with van der Waals surface area (Å²) < 4.78 is 13.1. The Bertz CT molecular complexity index is 3750. The van der Waals surface area contributed by atoms with E-state index in [0.717, 1.165) is 60.6 Å². The SMILES string of the molecule is c1ccc2c(c1)-c1ccccc1C21c2cc3ccccc3cc2-c2c(-c3ccc4oc5ccccc5c4c3)cc(-c3cccc4oc5cc6ccccc6cc5c34)cc21. The lowest BCUT2D eigenvalue weighted by molar-refractivity contribution is 0.669. The Morgan fingerprint density at radius 2 is 0.898 bits per heavy atom. The molecule has 14 rings (SSSR count). The monoisotopic (exact) mass is 748 g/mol. The topological polar surface area (TPSA) is 26.3 Å². The summed E-state index contributed by atoms with van der Waals surface area (Å²) in [6.07, 6.45) is 0. The van der Waals surface area contributed by atoms with Gasteiger partial charge in [0.15, 0.2) is 0 Å². The molecule has 12 aromatic rings. The third kappa shape index (κ3) is 4.05. The number of furan rings is 2. The molecule has 2 aliphatic rings. The van der Waals surface area contributed by atoms with Crippen molar-refractivity contribution in [3.8, 4) is 44.5 Å². The fourth-order valence-corrected chi connectivity index (χ4v) is 11.0. The van der Waals surface area contributed by atoms with E-state index in [4.69, 9.17) is 8.83 Å². The van der Waals surface area contributed by atoms with Crippen molar-refractivity contribution in [2.75, 3.05) is 0 Å². The van der Waals surface area contributed by atoms with Gasteiger partial charge in [-0.25, -0.2) is 0 Å². The predicted octanol–water partition coefficient (Wildman–Crippen LogP) is 15.5. The van der Waals surface area contributed by atoms with Gasteiger partial charge < -0.3 is 8.83 Å². The second-order valence-corrected chi connectivity index (χ2v) is 16.3. The van der Waals surface area contributed by atoms with Gasteiger partial charge in [0.25, 0.3) is 0 Å². The molecule has 10 aromatic carbocycles. The van der Waals surface area contributed by atoms with E-state index in [2.05, 4.69) is 188 Å². The summed E-state index contributed by atoms with van der Waals surface area (Å²) in [6.45, 7) is 0. The lowest BCUT2D eigenvalue weighted by Crippen LogP contribution is -2.26. The Balaban J connectivity index is 1.17. The molecule has 0 bridgehead atoms. The Labute approximate surface area is 339 Å². The maximum atomic E-state index is 6.68. The zero-order valence-electron chi connectivity index (χ0n) is 31.8. The van der Waals surface area contributed by atoms with Crippen LogP contribution in [-0.2, 0) is 5.41 Å². The molecule has 59 heavy (non-hydrogen) atoms. The third-order valence-electron chi connectivity index (χ3n) is 13.4. The van der Waals surface area contributed by atoms with Gasteiger partial charge in [-0.05, 0) is 149 Å². The maximum Gasteiger partial charge on any atom is 0.136 e. The van der Waals surface area contributed by atoms with Gasteiger partial charge in [0.2, 0.25) is 0 Å². The number of para-hydroxylation sites is 1. The molecule has 2 heterocycles. The van der Waals surface area contributed by atoms with Gasteiger partial charge in [0, 0.05) is 21.5 Å². The van der Waals surface area contributed by atoms with Crippen molar-refractivity contribution in [3.05, 3.63) is 216 Å². The summed E-state index contributed by atoms with van der Waals surface area (Å²) in [6, 6.07) is 71.6. The number of hydrogen-bond acceptors (Lipinski definition) is 2. The van der Waals surface area contributed by atoms with Crippen LogP contribution in [0.1, 0.15) is 22.3 Å². The number of rotatable bonds is 2. The van der Waals surface area contributed by atoms with Crippen LogP contribution in [0.2, 0.25) is 0 Å². The molecule has 2 heteroatoms. The van der Waals surface area contributed by atoms with Gasteiger partial charge in [0.05, 0.1) is 5.41 Å². The van der Waals surface area contributed by atoms with Gasteiger partial charge >= 0.3 is 0 Å². The Kier molecular flexibility index (Phi) is 5.99. The summed E-state index contributed by atoms with van der Waals surface area (Å²) in [5.41, 5.74) is 18.2. The van der Waals surface area contributed by atoms with Crippen molar-refractivity contribution in [2.24, 2.45) is 0 Å². The zero-order chi connectivity index (χ0) is 38.4. The second-order valence-electron chi connectivity index (χ2n) is 16.3. The predicted molar refractivity (Wildman–Crippen MR) is 243 cm³/mol. The molecule has 0 radical (unpaired) electrons. The van der Waals surface area contributed by atoms with E-state index < -0.39 is 5.41 Å². The molecule has 2 aromatic heterocycles. The fraction of sp³-hybridized carbons (Fsp3) is 0.0175. The van der Waals surface area contributed by atoms with E-state index >= 15 is 0 Å². The minimum Gasteiger partial charge on any atom is -0.456 e. The number of hydrogen-bond donors (Lipinski definition) is 0. The first-order valence-electron chi connectivity index (χ1n) is 20.4. The number of fused-ring (bicyclic) bond motifs is 18. The Hall–Kier alpha value is -7.68. The largest absolute Gasteiger partial charge is 0.456 e. The highest BCUT2D eigenvalue weighted by molar-refractivity contribution is 6.17. The molecule has 0 aliphatic heterocycles. The third-order valence-corrected chi connectivity index (χ3v) is 13.4. The van der Waals surface area contributed by atoms with Gasteiger partial charge in [-0.15, -0.1) is 0 Å². The van der Waals surface area contributed by atoms with Crippen molar-refractivity contribution in [1.29, 1.82) is 0 Å². The molecule has 0 unspecified atom stereocenters. The molecule has 0 fully saturated rings. The Morgan fingerprint density at radius 1 is 0.288 bits per heavy atom. The normalized spacial score (nSPS) is 13.6. The average Bonchev–Trinajstić information content (AvgIpc) is 4.01. The van der Waals surface area contributed by atoms with Crippen LogP contribution < -0.4 is 0 Å². The summed E-state index contributed by atoms with van der Waals surface area (Å²) in [4.78, 5) is 0. The van der Waals surface area contributed by atoms with Gasteiger partial charge in [-0.2, -0.15) is 0 Å². The smallest absolute Gasteiger partial charge is 0.136 e.